The van der Waals surface area contributed by atoms with Crippen molar-refractivity contribution < 1.29 is 0 Å². The summed E-state index contributed by atoms with van der Waals surface area (Å²) < 4.78 is 0.478. The highest BCUT2D eigenvalue weighted by molar-refractivity contribution is 7.71. The summed E-state index contributed by atoms with van der Waals surface area (Å²) in [6.07, 6.45) is 0. The maximum absolute atomic E-state index is 10.9. The molecular formula is C11H21N2OPS. The van der Waals surface area contributed by atoms with Gasteiger partial charge in [0, 0.05) is 26.2 Å². The van der Waals surface area contributed by atoms with Gasteiger partial charge in [0.2, 0.25) is 5.43 Å². The Hall–Kier alpha value is -0.310. The van der Waals surface area contributed by atoms with Crippen LogP contribution in [0.3, 0.4) is 0 Å². The minimum atomic E-state index is -0.00861. The van der Waals surface area contributed by atoms with E-state index in [0.29, 0.717) is 4.51 Å². The minimum Gasteiger partial charge on any atom is -0.372 e. The predicted octanol–water partition coefficient (Wildman–Crippen LogP) is 1.53. The lowest BCUT2D eigenvalue weighted by molar-refractivity contribution is 0.360. The summed E-state index contributed by atoms with van der Waals surface area (Å²) in [5.41, 5.74) is 0.903. The number of likely N-dealkylation sites (N-methyl/N-ethyl adjacent to an activating group) is 2. The van der Waals surface area contributed by atoms with E-state index >= 15 is 0 Å². The van der Waals surface area contributed by atoms with Crippen molar-refractivity contribution in [1.82, 2.24) is 4.90 Å². The van der Waals surface area contributed by atoms with Crippen molar-refractivity contribution in [3.05, 3.63) is 20.8 Å². The van der Waals surface area contributed by atoms with E-state index in [4.69, 9.17) is 12.2 Å². The molecule has 1 rings (SSSR count). The van der Waals surface area contributed by atoms with Gasteiger partial charge in [0.25, 0.3) is 0 Å². The van der Waals surface area contributed by atoms with E-state index in [2.05, 4.69) is 28.1 Å². The molecule has 0 aliphatic heterocycles. The van der Waals surface area contributed by atoms with Crippen LogP contribution in [0.15, 0.2) is 10.9 Å². The van der Waals surface area contributed by atoms with Crippen LogP contribution in [0.1, 0.15) is 6.92 Å². The van der Waals surface area contributed by atoms with Gasteiger partial charge in [0.15, 0.2) is 0 Å². The van der Waals surface area contributed by atoms with Crippen molar-refractivity contribution in [3.63, 3.8) is 0 Å². The molecule has 1 atom stereocenters. The van der Waals surface area contributed by atoms with Crippen molar-refractivity contribution in [1.29, 1.82) is 0 Å². The standard InChI is InChI=1S/C10H16N2OS.CH5P/c1-4-11(2)5-6-12(3)8-7-9(13)10(8)14;1-2/h7H,4-6H2,1-3H3;2H2,1H3. The Bertz CT molecular complexity index is 374. The van der Waals surface area contributed by atoms with Crippen molar-refractivity contribution in [2.24, 2.45) is 0 Å². The quantitative estimate of drug-likeness (QED) is 0.592. The fourth-order valence-electron chi connectivity index (χ4n) is 1.19. The van der Waals surface area contributed by atoms with E-state index < -0.39 is 0 Å². The van der Waals surface area contributed by atoms with Gasteiger partial charge in [0.1, 0.15) is 4.51 Å². The molecule has 0 aliphatic rings. The molecule has 0 amide bonds. The van der Waals surface area contributed by atoms with E-state index in [1.165, 1.54) is 0 Å². The van der Waals surface area contributed by atoms with Crippen LogP contribution in [0.4, 0.5) is 5.69 Å². The maximum atomic E-state index is 10.9. The van der Waals surface area contributed by atoms with Crippen molar-refractivity contribution in [2.45, 2.75) is 6.92 Å². The first-order valence-corrected chi connectivity index (χ1v) is 6.90. The summed E-state index contributed by atoms with van der Waals surface area (Å²) in [4.78, 5) is 15.1. The number of anilines is 1. The lowest BCUT2D eigenvalue weighted by Gasteiger charge is -2.23. The fraction of sp³-hybridized carbons (Fsp3) is 0.636. The van der Waals surface area contributed by atoms with Crippen LogP contribution in [0.5, 0.6) is 0 Å². The second-order valence-corrected chi connectivity index (χ2v) is 3.95. The Labute approximate surface area is 105 Å². The lowest BCUT2D eigenvalue weighted by atomic mass is 10.2. The molecule has 3 nitrogen and oxygen atoms in total. The summed E-state index contributed by atoms with van der Waals surface area (Å²) >= 11 is 4.94. The average molecular weight is 260 g/mol. The van der Waals surface area contributed by atoms with Gasteiger partial charge in [-0.3, -0.25) is 4.79 Å². The molecule has 0 aromatic heterocycles. The highest BCUT2D eigenvalue weighted by Crippen LogP contribution is 2.12. The number of nitrogens with zero attached hydrogens (tertiary/aromatic N) is 2. The Morgan fingerprint density at radius 2 is 1.88 bits per heavy atom. The Balaban J connectivity index is 0.00000106. The molecule has 0 aliphatic carbocycles. The average Bonchev–Trinajstić information content (AvgIpc) is 2.34. The lowest BCUT2D eigenvalue weighted by Crippen LogP contribution is -2.32. The number of hydrogen-bond donors (Lipinski definition) is 0. The van der Waals surface area contributed by atoms with Crippen LogP contribution in [-0.4, -0.2) is 45.3 Å². The molecule has 0 radical (unpaired) electrons. The molecule has 0 spiro atoms. The fourth-order valence-corrected chi connectivity index (χ4v) is 1.46. The van der Waals surface area contributed by atoms with Gasteiger partial charge in [0.05, 0.1) is 5.69 Å². The Morgan fingerprint density at radius 3 is 2.25 bits per heavy atom. The molecule has 0 saturated heterocycles. The zero-order chi connectivity index (χ0) is 12.7. The van der Waals surface area contributed by atoms with E-state index in [1.54, 1.807) is 6.07 Å². The van der Waals surface area contributed by atoms with E-state index in [9.17, 15) is 4.79 Å². The maximum Gasteiger partial charge on any atom is 0.200 e. The van der Waals surface area contributed by atoms with Crippen LogP contribution >= 0.6 is 21.5 Å². The smallest absolute Gasteiger partial charge is 0.200 e. The second-order valence-electron chi connectivity index (χ2n) is 3.54. The third-order valence-corrected chi connectivity index (χ3v) is 2.90. The van der Waals surface area contributed by atoms with E-state index in [-0.39, 0.29) is 5.43 Å². The SMILES string of the molecule is CCN(C)CCN(C)c1cc(=O)c1=S.CP. The van der Waals surface area contributed by atoms with Gasteiger partial charge < -0.3 is 9.80 Å². The molecule has 16 heavy (non-hydrogen) atoms. The summed E-state index contributed by atoms with van der Waals surface area (Å²) in [5.74, 6) is 0. The molecule has 0 bridgehead atoms. The van der Waals surface area contributed by atoms with Crippen LogP contribution in [-0.2, 0) is 0 Å². The predicted molar refractivity (Wildman–Crippen MR) is 78.0 cm³/mol. The normalized spacial score (nSPS) is 10.1. The molecule has 0 N–H and O–H groups in total. The second kappa shape index (κ2) is 7.88. The van der Waals surface area contributed by atoms with Gasteiger partial charge >= 0.3 is 0 Å². The summed E-state index contributed by atoms with van der Waals surface area (Å²) in [7, 11) is 6.46. The van der Waals surface area contributed by atoms with Gasteiger partial charge in [-0.15, -0.1) is 9.24 Å². The van der Waals surface area contributed by atoms with Crippen LogP contribution < -0.4 is 10.3 Å². The minimum absolute atomic E-state index is 0.00861. The molecular weight excluding hydrogens is 239 g/mol. The number of hydrogen-bond acceptors (Lipinski definition) is 4. The molecule has 0 heterocycles. The highest BCUT2D eigenvalue weighted by atomic mass is 32.1. The molecule has 1 aromatic carbocycles. The monoisotopic (exact) mass is 260 g/mol. The summed E-state index contributed by atoms with van der Waals surface area (Å²) in [5, 5.41) is 0. The first-order valence-electron chi connectivity index (χ1n) is 5.34. The third-order valence-electron chi connectivity index (χ3n) is 2.49. The summed E-state index contributed by atoms with van der Waals surface area (Å²) in [6, 6.07) is 1.61. The molecule has 0 fully saturated rings. The van der Waals surface area contributed by atoms with Crippen LogP contribution in [0.25, 0.3) is 0 Å². The molecule has 0 saturated carbocycles. The van der Waals surface area contributed by atoms with Crippen LogP contribution in [0, 0.1) is 4.51 Å². The van der Waals surface area contributed by atoms with Gasteiger partial charge in [-0.2, -0.15) is 0 Å². The molecule has 5 heteroatoms. The molecule has 1 unspecified atom stereocenters. The zero-order valence-corrected chi connectivity index (χ0v) is 12.5. The Morgan fingerprint density at radius 1 is 1.31 bits per heavy atom. The highest BCUT2D eigenvalue weighted by Gasteiger charge is 2.10. The van der Waals surface area contributed by atoms with Gasteiger partial charge in [-0.05, 0) is 13.6 Å². The van der Waals surface area contributed by atoms with Crippen LogP contribution in [0.2, 0.25) is 0 Å². The topological polar surface area (TPSA) is 23.6 Å². The largest absolute Gasteiger partial charge is 0.372 e. The number of rotatable bonds is 5. The van der Waals surface area contributed by atoms with Crippen molar-refractivity contribution >= 4 is 27.1 Å². The first-order chi connectivity index (χ1) is 7.56. The third kappa shape index (κ3) is 4.28. The first kappa shape index (κ1) is 15.7. The molecule has 1 aromatic rings. The van der Waals surface area contributed by atoms with E-state index in [0.717, 1.165) is 25.3 Å². The van der Waals surface area contributed by atoms with E-state index in [1.807, 2.05) is 18.6 Å². The van der Waals surface area contributed by atoms with Crippen molar-refractivity contribution in [2.75, 3.05) is 45.3 Å². The van der Waals surface area contributed by atoms with Gasteiger partial charge in [-0.25, -0.2) is 0 Å². The summed E-state index contributed by atoms with van der Waals surface area (Å²) in [6.45, 7) is 6.97. The molecule has 92 valence electrons. The van der Waals surface area contributed by atoms with Gasteiger partial charge in [-0.1, -0.05) is 25.8 Å². The van der Waals surface area contributed by atoms with Crippen molar-refractivity contribution in [3.8, 4) is 0 Å². The Kier molecular flexibility index (Phi) is 7.73. The zero-order valence-electron chi connectivity index (χ0n) is 10.5.